The average Bonchev–Trinajstić information content (AvgIpc) is 2.34. The van der Waals surface area contributed by atoms with Gasteiger partial charge in [0.25, 0.3) is 0 Å². The molecule has 0 bridgehead atoms. The lowest BCUT2D eigenvalue weighted by Gasteiger charge is -2.17. The molecular weight excluding hydrogens is 324 g/mol. The van der Waals surface area contributed by atoms with Crippen molar-refractivity contribution >= 4 is 42.4 Å². The molecule has 0 saturated carbocycles. The van der Waals surface area contributed by atoms with Crippen LogP contribution < -0.4 is 5.32 Å². The number of halogens is 2. The molecular formula is C12H16Cl2NO4P. The third-order valence-electron chi connectivity index (χ3n) is 2.22. The van der Waals surface area contributed by atoms with Crippen molar-refractivity contribution in [1.82, 2.24) is 0 Å². The lowest BCUT2D eigenvalue weighted by Crippen LogP contribution is -2.18. The van der Waals surface area contributed by atoms with E-state index in [9.17, 15) is 9.36 Å². The predicted molar refractivity (Wildman–Crippen MR) is 80.8 cm³/mol. The summed E-state index contributed by atoms with van der Waals surface area (Å²) in [4.78, 5) is 11.9. The van der Waals surface area contributed by atoms with Crippen LogP contribution in [0.3, 0.4) is 0 Å². The fourth-order valence-electron chi connectivity index (χ4n) is 1.49. The molecule has 1 rings (SSSR count). The first-order valence-electron chi connectivity index (χ1n) is 6.04. The average molecular weight is 340 g/mol. The van der Waals surface area contributed by atoms with Crippen LogP contribution in [0.5, 0.6) is 0 Å². The Morgan fingerprint density at radius 2 is 1.70 bits per heavy atom. The maximum Gasteiger partial charge on any atom is 0.340 e. The van der Waals surface area contributed by atoms with E-state index in [4.69, 9.17) is 32.2 Å². The third kappa shape index (κ3) is 5.08. The van der Waals surface area contributed by atoms with Crippen LogP contribution in [0.1, 0.15) is 13.8 Å². The van der Waals surface area contributed by atoms with Crippen LogP contribution in [-0.2, 0) is 18.4 Å². The lowest BCUT2D eigenvalue weighted by molar-refractivity contribution is -0.114. The van der Waals surface area contributed by atoms with Gasteiger partial charge in [0.15, 0.2) is 0 Å². The molecule has 0 aliphatic carbocycles. The monoisotopic (exact) mass is 339 g/mol. The van der Waals surface area contributed by atoms with Crippen LogP contribution in [0.15, 0.2) is 18.2 Å². The standard InChI is InChI=1S/C12H16Cl2NO4P/c1-3-18-20(17,19-4-2)8-11(16)15-12-9(13)6-5-7-10(12)14/h5-7H,3-4,8H2,1-2H3,(H,15,16). The van der Waals surface area contributed by atoms with E-state index in [-0.39, 0.29) is 18.9 Å². The zero-order valence-corrected chi connectivity index (χ0v) is 13.6. The second-order valence-corrected chi connectivity index (χ2v) is 6.62. The lowest BCUT2D eigenvalue weighted by atomic mass is 10.3. The Bertz CT molecular complexity index is 494. The summed E-state index contributed by atoms with van der Waals surface area (Å²) in [6.07, 6.45) is -0.393. The van der Waals surface area contributed by atoms with E-state index in [0.717, 1.165) is 0 Å². The van der Waals surface area contributed by atoms with Crippen LogP contribution in [0.4, 0.5) is 5.69 Å². The molecule has 1 aromatic rings. The van der Waals surface area contributed by atoms with E-state index in [2.05, 4.69) is 5.32 Å². The Kier molecular flexibility index (Phi) is 7.00. The van der Waals surface area contributed by atoms with Crippen molar-refractivity contribution < 1.29 is 18.4 Å². The van der Waals surface area contributed by atoms with Crippen molar-refractivity contribution in [2.75, 3.05) is 24.7 Å². The number of para-hydroxylation sites is 1. The molecule has 0 atom stereocenters. The summed E-state index contributed by atoms with van der Waals surface area (Å²) in [6, 6.07) is 4.84. The van der Waals surface area contributed by atoms with Gasteiger partial charge in [0.2, 0.25) is 5.91 Å². The maximum atomic E-state index is 12.2. The fourth-order valence-corrected chi connectivity index (χ4v) is 3.46. The van der Waals surface area contributed by atoms with Crippen LogP contribution >= 0.6 is 30.8 Å². The van der Waals surface area contributed by atoms with Crippen LogP contribution in [-0.4, -0.2) is 25.3 Å². The minimum absolute atomic E-state index is 0.192. The summed E-state index contributed by atoms with van der Waals surface area (Å²) in [6.45, 7) is 3.73. The summed E-state index contributed by atoms with van der Waals surface area (Å²) in [5.74, 6) is -0.537. The van der Waals surface area contributed by atoms with Gasteiger partial charge in [-0.2, -0.15) is 0 Å². The van der Waals surface area contributed by atoms with Gasteiger partial charge in [-0.1, -0.05) is 29.3 Å². The number of anilines is 1. The highest BCUT2D eigenvalue weighted by atomic mass is 35.5. The van der Waals surface area contributed by atoms with Crippen LogP contribution in [0, 0.1) is 0 Å². The van der Waals surface area contributed by atoms with Crippen molar-refractivity contribution in [2.45, 2.75) is 13.8 Å². The zero-order valence-electron chi connectivity index (χ0n) is 11.2. The Hall–Kier alpha value is -0.580. The Morgan fingerprint density at radius 1 is 1.20 bits per heavy atom. The van der Waals surface area contributed by atoms with E-state index < -0.39 is 19.7 Å². The van der Waals surface area contributed by atoms with Gasteiger partial charge < -0.3 is 14.4 Å². The molecule has 1 aromatic carbocycles. The summed E-state index contributed by atoms with van der Waals surface area (Å²) >= 11 is 11.9. The number of rotatable bonds is 7. The first-order chi connectivity index (χ1) is 9.41. The number of benzene rings is 1. The number of nitrogens with one attached hydrogen (secondary N) is 1. The molecule has 0 saturated heterocycles. The predicted octanol–water partition coefficient (Wildman–Crippen LogP) is 4.20. The van der Waals surface area contributed by atoms with E-state index in [0.29, 0.717) is 10.0 Å². The molecule has 0 spiro atoms. The second kappa shape index (κ2) is 8.01. The van der Waals surface area contributed by atoms with Gasteiger partial charge in [0.05, 0.1) is 28.9 Å². The number of carbonyl (C=O) groups is 1. The molecule has 0 aliphatic rings. The number of carbonyl (C=O) groups excluding carboxylic acids is 1. The van der Waals surface area contributed by atoms with Gasteiger partial charge in [-0.05, 0) is 26.0 Å². The summed E-state index contributed by atoms with van der Waals surface area (Å²) in [5, 5.41) is 3.12. The summed E-state index contributed by atoms with van der Waals surface area (Å²) in [5.41, 5.74) is 0.278. The van der Waals surface area contributed by atoms with Crippen molar-refractivity contribution in [1.29, 1.82) is 0 Å². The quantitative estimate of drug-likeness (QED) is 0.756. The van der Waals surface area contributed by atoms with Gasteiger partial charge >= 0.3 is 7.60 Å². The van der Waals surface area contributed by atoms with Crippen molar-refractivity contribution in [3.63, 3.8) is 0 Å². The Balaban J connectivity index is 2.78. The van der Waals surface area contributed by atoms with Gasteiger partial charge in [-0.15, -0.1) is 0 Å². The highest BCUT2D eigenvalue weighted by molar-refractivity contribution is 7.54. The molecule has 0 aliphatic heterocycles. The summed E-state index contributed by atoms with van der Waals surface area (Å²) < 4.78 is 22.3. The van der Waals surface area contributed by atoms with Gasteiger partial charge in [-0.25, -0.2) is 0 Å². The van der Waals surface area contributed by atoms with E-state index in [1.165, 1.54) is 0 Å². The smallest absolute Gasteiger partial charge is 0.323 e. The fraction of sp³-hybridized carbons (Fsp3) is 0.417. The van der Waals surface area contributed by atoms with Crippen molar-refractivity contribution in [2.24, 2.45) is 0 Å². The molecule has 112 valence electrons. The first kappa shape index (κ1) is 17.5. The number of amides is 1. The molecule has 5 nitrogen and oxygen atoms in total. The van der Waals surface area contributed by atoms with Gasteiger partial charge in [-0.3, -0.25) is 9.36 Å². The molecule has 0 fully saturated rings. The van der Waals surface area contributed by atoms with Crippen LogP contribution in [0.2, 0.25) is 10.0 Å². The maximum absolute atomic E-state index is 12.2. The molecule has 0 unspecified atom stereocenters. The molecule has 20 heavy (non-hydrogen) atoms. The third-order valence-corrected chi connectivity index (χ3v) is 4.82. The minimum Gasteiger partial charge on any atom is -0.323 e. The highest BCUT2D eigenvalue weighted by Gasteiger charge is 2.28. The minimum atomic E-state index is -3.44. The zero-order chi connectivity index (χ0) is 15.2. The molecule has 0 heterocycles. The number of hydrogen-bond acceptors (Lipinski definition) is 4. The van der Waals surface area contributed by atoms with Gasteiger partial charge in [0, 0.05) is 0 Å². The topological polar surface area (TPSA) is 64.6 Å². The highest BCUT2D eigenvalue weighted by Crippen LogP contribution is 2.47. The molecule has 1 amide bonds. The Labute approximate surface area is 128 Å². The van der Waals surface area contributed by atoms with E-state index in [1.54, 1.807) is 32.0 Å². The largest absolute Gasteiger partial charge is 0.340 e. The molecule has 1 N–H and O–H groups in total. The van der Waals surface area contributed by atoms with E-state index in [1.807, 2.05) is 0 Å². The van der Waals surface area contributed by atoms with Crippen molar-refractivity contribution in [3.8, 4) is 0 Å². The van der Waals surface area contributed by atoms with Gasteiger partial charge in [0.1, 0.15) is 6.16 Å². The second-order valence-electron chi connectivity index (χ2n) is 3.75. The first-order valence-corrected chi connectivity index (χ1v) is 8.52. The molecule has 0 aromatic heterocycles. The molecule has 8 heteroatoms. The number of hydrogen-bond donors (Lipinski definition) is 1. The summed E-state index contributed by atoms with van der Waals surface area (Å²) in [7, 11) is -3.44. The normalized spacial score (nSPS) is 11.4. The van der Waals surface area contributed by atoms with Crippen molar-refractivity contribution in [3.05, 3.63) is 28.2 Å². The Morgan fingerprint density at radius 3 is 2.15 bits per heavy atom. The van der Waals surface area contributed by atoms with E-state index >= 15 is 0 Å². The molecule has 0 radical (unpaired) electrons. The SMILES string of the molecule is CCOP(=O)(CC(=O)Nc1c(Cl)cccc1Cl)OCC. The van der Waals surface area contributed by atoms with Crippen LogP contribution in [0.25, 0.3) is 0 Å².